The van der Waals surface area contributed by atoms with Gasteiger partial charge in [-0.2, -0.15) is 0 Å². The van der Waals surface area contributed by atoms with Gasteiger partial charge in [-0.3, -0.25) is 4.79 Å². The lowest BCUT2D eigenvalue weighted by atomic mass is 9.92. The van der Waals surface area contributed by atoms with Gasteiger partial charge in [0.15, 0.2) is 15.4 Å². The molecule has 1 aliphatic heterocycles. The fraction of sp³-hybridized carbons (Fsp3) is 0.211. The fourth-order valence-corrected chi connectivity index (χ4v) is 3.73. The molecule has 3 rings (SSSR count). The predicted molar refractivity (Wildman–Crippen MR) is 97.9 cm³/mol. The van der Waals surface area contributed by atoms with Gasteiger partial charge in [-0.25, -0.2) is 12.8 Å². The average molecular weight is 395 g/mol. The van der Waals surface area contributed by atoms with Gasteiger partial charge in [0.25, 0.3) is 0 Å². The molecule has 2 aromatic rings. The average Bonchev–Trinajstić information content (AvgIpc) is 2.76. The summed E-state index contributed by atoms with van der Waals surface area (Å²) in [6, 6.07) is 10.4. The second kappa shape index (κ2) is 6.21. The molecular formula is C19H16ClFO4S. The lowest BCUT2D eigenvalue weighted by Crippen LogP contribution is -2.29. The van der Waals surface area contributed by atoms with Gasteiger partial charge in [-0.1, -0.05) is 23.7 Å². The molecule has 0 unspecified atom stereocenters. The van der Waals surface area contributed by atoms with E-state index in [-0.39, 0.29) is 22.7 Å². The summed E-state index contributed by atoms with van der Waals surface area (Å²) in [6.07, 6.45) is 0.931. The van der Waals surface area contributed by atoms with Crippen LogP contribution < -0.4 is 0 Å². The highest BCUT2D eigenvalue weighted by Crippen LogP contribution is 2.42. The Morgan fingerprint density at radius 2 is 1.77 bits per heavy atom. The van der Waals surface area contributed by atoms with Crippen LogP contribution in [0.25, 0.3) is 11.3 Å². The van der Waals surface area contributed by atoms with Gasteiger partial charge in [0.1, 0.15) is 16.5 Å². The van der Waals surface area contributed by atoms with E-state index in [0.29, 0.717) is 10.6 Å². The quantitative estimate of drug-likeness (QED) is 0.785. The SMILES string of the molecule is CC1(C)OC(c2ccc(S(C)(=O)=O)c(F)c2)=C(c2cccc(Cl)c2)C1=O. The maximum absolute atomic E-state index is 14.3. The van der Waals surface area contributed by atoms with Crippen molar-refractivity contribution in [3.8, 4) is 0 Å². The van der Waals surface area contributed by atoms with E-state index in [1.165, 1.54) is 12.1 Å². The minimum absolute atomic E-state index is 0.196. The van der Waals surface area contributed by atoms with Crippen LogP contribution in [-0.4, -0.2) is 26.1 Å². The fourth-order valence-electron chi connectivity index (χ4n) is 2.81. The minimum atomic E-state index is -3.69. The van der Waals surface area contributed by atoms with Crippen LogP contribution >= 0.6 is 11.6 Å². The van der Waals surface area contributed by atoms with E-state index in [0.717, 1.165) is 12.3 Å². The first-order valence-electron chi connectivity index (χ1n) is 7.75. The number of sulfone groups is 1. The molecule has 0 aromatic heterocycles. The zero-order valence-electron chi connectivity index (χ0n) is 14.3. The van der Waals surface area contributed by atoms with Crippen LogP contribution in [0.2, 0.25) is 5.02 Å². The molecule has 0 radical (unpaired) electrons. The van der Waals surface area contributed by atoms with E-state index in [1.54, 1.807) is 38.1 Å². The summed E-state index contributed by atoms with van der Waals surface area (Å²) in [5.41, 5.74) is -0.0117. The lowest BCUT2D eigenvalue weighted by Gasteiger charge is -2.18. The number of benzene rings is 2. The number of halogens is 2. The molecule has 0 atom stereocenters. The number of carbonyl (C=O) groups excluding carboxylic acids is 1. The molecule has 0 bridgehead atoms. The van der Waals surface area contributed by atoms with Gasteiger partial charge in [-0.15, -0.1) is 0 Å². The van der Waals surface area contributed by atoms with Crippen LogP contribution in [0.3, 0.4) is 0 Å². The van der Waals surface area contributed by atoms with Crippen molar-refractivity contribution in [3.05, 3.63) is 64.4 Å². The molecule has 1 aliphatic rings. The molecule has 26 heavy (non-hydrogen) atoms. The Bertz CT molecular complexity index is 1050. The summed E-state index contributed by atoms with van der Waals surface area (Å²) in [4.78, 5) is 12.4. The Hall–Kier alpha value is -2.18. The van der Waals surface area contributed by atoms with E-state index < -0.39 is 26.2 Å². The van der Waals surface area contributed by atoms with Crippen molar-refractivity contribution < 1.29 is 22.3 Å². The molecule has 0 spiro atoms. The van der Waals surface area contributed by atoms with Crippen LogP contribution in [0.1, 0.15) is 25.0 Å². The number of hydrogen-bond donors (Lipinski definition) is 0. The number of Topliss-reactive ketones (excluding diaryl/α,β-unsaturated/α-hetero) is 1. The Kier molecular flexibility index (Phi) is 4.45. The van der Waals surface area contributed by atoms with Gasteiger partial charge < -0.3 is 4.74 Å². The summed E-state index contributed by atoms with van der Waals surface area (Å²) in [5.74, 6) is -0.965. The summed E-state index contributed by atoms with van der Waals surface area (Å²) < 4.78 is 43.4. The normalized spacial score (nSPS) is 16.7. The molecule has 0 amide bonds. The minimum Gasteiger partial charge on any atom is -0.478 e. The Balaban J connectivity index is 2.22. The molecule has 7 heteroatoms. The maximum atomic E-state index is 14.3. The number of carbonyl (C=O) groups is 1. The molecule has 0 aliphatic carbocycles. The van der Waals surface area contributed by atoms with Gasteiger partial charge in [0.2, 0.25) is 5.78 Å². The Labute approximate surface area is 156 Å². The Morgan fingerprint density at radius 1 is 1.08 bits per heavy atom. The smallest absolute Gasteiger partial charge is 0.210 e. The molecule has 136 valence electrons. The first-order chi connectivity index (χ1) is 12.0. The van der Waals surface area contributed by atoms with Gasteiger partial charge in [0.05, 0.1) is 5.57 Å². The highest BCUT2D eigenvalue weighted by molar-refractivity contribution is 7.90. The van der Waals surface area contributed by atoms with Gasteiger partial charge in [-0.05, 0) is 49.7 Å². The van der Waals surface area contributed by atoms with Crippen molar-refractivity contribution in [1.29, 1.82) is 0 Å². The molecule has 2 aromatic carbocycles. The number of rotatable bonds is 3. The lowest BCUT2D eigenvalue weighted by molar-refractivity contribution is -0.125. The first-order valence-corrected chi connectivity index (χ1v) is 10.0. The molecule has 1 heterocycles. The topological polar surface area (TPSA) is 60.4 Å². The monoisotopic (exact) mass is 394 g/mol. The largest absolute Gasteiger partial charge is 0.478 e. The van der Waals surface area contributed by atoms with Crippen LogP contribution in [0.5, 0.6) is 0 Å². The Morgan fingerprint density at radius 3 is 2.35 bits per heavy atom. The number of ketones is 1. The molecule has 4 nitrogen and oxygen atoms in total. The summed E-state index contributed by atoms with van der Waals surface area (Å²) in [6.45, 7) is 3.24. The van der Waals surface area contributed by atoms with E-state index in [1.807, 2.05) is 0 Å². The standard InChI is InChI=1S/C19H16ClFO4S/c1-19(2)18(22)16(11-5-4-6-13(20)9-11)17(25-19)12-7-8-15(14(21)10-12)26(3,23)24/h4-10H,1-3H3. The van der Waals surface area contributed by atoms with Crippen LogP contribution in [0.4, 0.5) is 4.39 Å². The second-order valence-corrected chi connectivity index (χ2v) is 8.99. The first kappa shape index (κ1) is 18.6. The van der Waals surface area contributed by atoms with Crippen LogP contribution in [0, 0.1) is 5.82 Å². The van der Waals surface area contributed by atoms with Crippen molar-refractivity contribution in [2.24, 2.45) is 0 Å². The summed E-state index contributed by atoms with van der Waals surface area (Å²) in [7, 11) is -3.69. The number of ether oxygens (including phenoxy) is 1. The highest BCUT2D eigenvalue weighted by atomic mass is 35.5. The van der Waals surface area contributed by atoms with E-state index in [9.17, 15) is 17.6 Å². The molecule has 0 saturated heterocycles. The van der Waals surface area contributed by atoms with E-state index in [4.69, 9.17) is 16.3 Å². The number of hydrogen-bond acceptors (Lipinski definition) is 4. The molecular weight excluding hydrogens is 379 g/mol. The highest BCUT2D eigenvalue weighted by Gasteiger charge is 2.43. The second-order valence-electron chi connectivity index (χ2n) is 6.57. The zero-order chi connectivity index (χ0) is 19.3. The van der Waals surface area contributed by atoms with E-state index >= 15 is 0 Å². The third kappa shape index (κ3) is 3.27. The van der Waals surface area contributed by atoms with Crippen LogP contribution in [-0.2, 0) is 19.4 Å². The van der Waals surface area contributed by atoms with Crippen molar-refractivity contribution in [1.82, 2.24) is 0 Å². The molecule has 0 saturated carbocycles. The van der Waals surface area contributed by atoms with Gasteiger partial charge >= 0.3 is 0 Å². The summed E-state index contributed by atoms with van der Waals surface area (Å²) >= 11 is 6.03. The van der Waals surface area contributed by atoms with Crippen molar-refractivity contribution >= 4 is 38.6 Å². The van der Waals surface area contributed by atoms with Gasteiger partial charge in [0, 0.05) is 16.8 Å². The third-order valence-electron chi connectivity index (χ3n) is 4.06. The molecule has 0 N–H and O–H groups in total. The maximum Gasteiger partial charge on any atom is 0.210 e. The third-order valence-corrected chi connectivity index (χ3v) is 5.43. The van der Waals surface area contributed by atoms with E-state index in [2.05, 4.69) is 0 Å². The van der Waals surface area contributed by atoms with Crippen molar-refractivity contribution in [2.75, 3.05) is 6.26 Å². The summed E-state index contributed by atoms with van der Waals surface area (Å²) in [5, 5.41) is 0.450. The van der Waals surface area contributed by atoms with Crippen molar-refractivity contribution in [2.45, 2.75) is 24.3 Å². The predicted octanol–water partition coefficient (Wildman–Crippen LogP) is 4.13. The zero-order valence-corrected chi connectivity index (χ0v) is 15.9. The van der Waals surface area contributed by atoms with Crippen molar-refractivity contribution in [3.63, 3.8) is 0 Å². The van der Waals surface area contributed by atoms with Crippen LogP contribution in [0.15, 0.2) is 47.4 Å². The molecule has 0 fully saturated rings.